The van der Waals surface area contributed by atoms with Gasteiger partial charge in [0.25, 0.3) is 5.91 Å². The van der Waals surface area contributed by atoms with Gasteiger partial charge in [-0.05, 0) is 43.2 Å². The molecule has 1 N–H and O–H groups in total. The summed E-state index contributed by atoms with van der Waals surface area (Å²) in [5, 5.41) is 3.69. The summed E-state index contributed by atoms with van der Waals surface area (Å²) in [4.78, 5) is 14.0. The second-order valence-electron chi connectivity index (χ2n) is 8.20. The van der Waals surface area contributed by atoms with Gasteiger partial charge < -0.3 is 15.0 Å². The van der Waals surface area contributed by atoms with Crippen molar-refractivity contribution in [2.45, 2.75) is 28.7 Å². The van der Waals surface area contributed by atoms with E-state index >= 15 is 0 Å². The number of nitrogens with one attached hydrogen (secondary N) is 1. The van der Waals surface area contributed by atoms with Crippen LogP contribution in [0.5, 0.6) is 5.75 Å². The van der Waals surface area contributed by atoms with Crippen LogP contribution in [0, 0.1) is 0 Å². The highest BCUT2D eigenvalue weighted by molar-refractivity contribution is 7.93. The average molecular weight is 549 g/mol. The molecule has 0 unspecified atom stereocenters. The standard InChI is InChI=1S/C22H26Cl2N2O6S2/c1-33(28,29)20-6-3-15(13-21(20)34(2,30)31)22(27)25-9-12-26-10-7-16(8-11-26)32-17-4-5-18(23)19(24)14-17/h3-6,13-14,16H,7-12H2,1-2H3,(H,25,27). The third kappa shape index (κ3) is 7.08. The van der Waals surface area contributed by atoms with Gasteiger partial charge in [-0.3, -0.25) is 4.79 Å². The van der Waals surface area contributed by atoms with E-state index < -0.39 is 25.6 Å². The Balaban J connectivity index is 1.50. The fraction of sp³-hybridized carbons (Fsp3) is 0.409. The van der Waals surface area contributed by atoms with Gasteiger partial charge in [-0.2, -0.15) is 0 Å². The normalized spacial score (nSPS) is 15.8. The largest absolute Gasteiger partial charge is 0.490 e. The molecule has 1 aliphatic rings. The van der Waals surface area contributed by atoms with Gasteiger partial charge in [0.15, 0.2) is 19.7 Å². The number of piperidine rings is 1. The summed E-state index contributed by atoms with van der Waals surface area (Å²) in [5.41, 5.74) is 0.0848. The van der Waals surface area contributed by atoms with Gasteiger partial charge in [-0.25, -0.2) is 16.8 Å². The van der Waals surface area contributed by atoms with E-state index in [1.54, 1.807) is 18.2 Å². The number of nitrogens with zero attached hydrogens (tertiary/aromatic N) is 1. The van der Waals surface area contributed by atoms with E-state index in [0.29, 0.717) is 28.9 Å². The highest BCUT2D eigenvalue weighted by atomic mass is 35.5. The first-order valence-corrected chi connectivity index (χ1v) is 15.0. The molecule has 3 rings (SSSR count). The zero-order valence-corrected chi connectivity index (χ0v) is 21.9. The minimum atomic E-state index is -3.84. The van der Waals surface area contributed by atoms with Gasteiger partial charge in [0.2, 0.25) is 0 Å². The topological polar surface area (TPSA) is 110 Å². The summed E-state index contributed by atoms with van der Waals surface area (Å²) in [7, 11) is -7.60. The lowest BCUT2D eigenvalue weighted by molar-refractivity contribution is 0.0905. The first-order valence-electron chi connectivity index (χ1n) is 10.5. The first kappa shape index (κ1) is 26.7. The van der Waals surface area contributed by atoms with Gasteiger partial charge in [-0.15, -0.1) is 0 Å². The van der Waals surface area contributed by atoms with Crippen LogP contribution in [0.4, 0.5) is 0 Å². The third-order valence-corrected chi connectivity index (χ3v) is 8.61. The van der Waals surface area contributed by atoms with E-state index in [0.717, 1.165) is 50.6 Å². The highest BCUT2D eigenvalue weighted by Gasteiger charge is 2.23. The van der Waals surface area contributed by atoms with Gasteiger partial charge in [-0.1, -0.05) is 23.2 Å². The molecular formula is C22H26Cl2N2O6S2. The number of amides is 1. The lowest BCUT2D eigenvalue weighted by Crippen LogP contribution is -2.42. The third-order valence-electron chi connectivity index (χ3n) is 5.45. The predicted molar refractivity (Wildman–Crippen MR) is 132 cm³/mol. The minimum Gasteiger partial charge on any atom is -0.490 e. The van der Waals surface area contributed by atoms with Crippen LogP contribution in [0.25, 0.3) is 0 Å². The van der Waals surface area contributed by atoms with Gasteiger partial charge in [0, 0.05) is 50.3 Å². The van der Waals surface area contributed by atoms with Crippen molar-refractivity contribution in [3.8, 4) is 5.75 Å². The number of carbonyl (C=O) groups is 1. The van der Waals surface area contributed by atoms with Crippen molar-refractivity contribution < 1.29 is 26.4 Å². The summed E-state index contributed by atoms with van der Waals surface area (Å²) < 4.78 is 53.9. The summed E-state index contributed by atoms with van der Waals surface area (Å²) in [5.74, 6) is 0.207. The monoisotopic (exact) mass is 548 g/mol. The number of sulfone groups is 2. The Bertz CT molecular complexity index is 1270. The van der Waals surface area contributed by atoms with Crippen LogP contribution in [-0.2, 0) is 19.7 Å². The fourth-order valence-electron chi connectivity index (χ4n) is 3.67. The molecule has 0 spiro atoms. The number of carbonyl (C=O) groups excluding carboxylic acids is 1. The number of hydrogen-bond donors (Lipinski definition) is 1. The van der Waals surface area contributed by atoms with E-state index in [1.807, 2.05) is 0 Å². The molecular weight excluding hydrogens is 523 g/mol. The van der Waals surface area contributed by atoms with Crippen LogP contribution >= 0.6 is 23.2 Å². The van der Waals surface area contributed by atoms with Crippen molar-refractivity contribution in [3.05, 3.63) is 52.0 Å². The summed E-state index contributed by atoms with van der Waals surface area (Å²) in [6, 6.07) is 8.75. The molecule has 34 heavy (non-hydrogen) atoms. The molecule has 1 saturated heterocycles. The van der Waals surface area contributed by atoms with Crippen molar-refractivity contribution in [2.75, 3.05) is 38.7 Å². The molecule has 8 nitrogen and oxygen atoms in total. The minimum absolute atomic E-state index is 0.0610. The second kappa shape index (κ2) is 10.8. The van der Waals surface area contributed by atoms with E-state index in [9.17, 15) is 21.6 Å². The smallest absolute Gasteiger partial charge is 0.251 e. The molecule has 0 radical (unpaired) electrons. The lowest BCUT2D eigenvalue weighted by Gasteiger charge is -2.32. The summed E-state index contributed by atoms with van der Waals surface area (Å²) >= 11 is 12.0. The maximum atomic E-state index is 12.5. The van der Waals surface area contributed by atoms with Crippen molar-refractivity contribution in [1.29, 1.82) is 0 Å². The maximum Gasteiger partial charge on any atom is 0.251 e. The summed E-state index contributed by atoms with van der Waals surface area (Å²) in [6.07, 6.45) is 3.53. The first-order chi connectivity index (χ1) is 15.8. The average Bonchev–Trinajstić information content (AvgIpc) is 2.76. The van der Waals surface area contributed by atoms with Crippen LogP contribution in [0.3, 0.4) is 0 Å². The SMILES string of the molecule is CS(=O)(=O)c1ccc(C(=O)NCCN2CCC(Oc3ccc(Cl)c(Cl)c3)CC2)cc1S(C)(=O)=O. The van der Waals surface area contributed by atoms with E-state index in [1.165, 1.54) is 6.07 Å². The van der Waals surface area contributed by atoms with Crippen molar-refractivity contribution in [1.82, 2.24) is 10.2 Å². The zero-order chi connectivity index (χ0) is 25.1. The molecule has 12 heteroatoms. The Morgan fingerprint density at radius 3 is 2.21 bits per heavy atom. The van der Waals surface area contributed by atoms with Crippen LogP contribution < -0.4 is 10.1 Å². The molecule has 1 amide bonds. The molecule has 0 saturated carbocycles. The zero-order valence-electron chi connectivity index (χ0n) is 18.8. The Labute approximate surface area is 210 Å². The van der Waals surface area contributed by atoms with Crippen LogP contribution in [0.2, 0.25) is 10.0 Å². The molecule has 0 bridgehead atoms. The molecule has 186 valence electrons. The quantitative estimate of drug-likeness (QED) is 0.539. The Hall–Kier alpha value is -1.85. The van der Waals surface area contributed by atoms with Crippen LogP contribution in [0.1, 0.15) is 23.2 Å². The summed E-state index contributed by atoms with van der Waals surface area (Å²) in [6.45, 7) is 2.57. The van der Waals surface area contributed by atoms with Gasteiger partial charge in [0.1, 0.15) is 11.9 Å². The molecule has 1 heterocycles. The Morgan fingerprint density at radius 1 is 0.971 bits per heavy atom. The second-order valence-corrected chi connectivity index (χ2v) is 13.0. The van der Waals surface area contributed by atoms with E-state index in [4.69, 9.17) is 27.9 Å². The lowest BCUT2D eigenvalue weighted by atomic mass is 10.1. The van der Waals surface area contributed by atoms with E-state index in [2.05, 4.69) is 10.2 Å². The molecule has 2 aromatic rings. The Kier molecular flexibility index (Phi) is 8.51. The highest BCUT2D eigenvalue weighted by Crippen LogP contribution is 2.28. The Morgan fingerprint density at radius 2 is 1.62 bits per heavy atom. The predicted octanol–water partition coefficient (Wildman–Crippen LogP) is 3.07. The molecule has 0 atom stereocenters. The van der Waals surface area contributed by atoms with Gasteiger partial charge in [0.05, 0.1) is 19.8 Å². The van der Waals surface area contributed by atoms with Gasteiger partial charge >= 0.3 is 0 Å². The molecule has 1 aliphatic heterocycles. The van der Waals surface area contributed by atoms with Crippen molar-refractivity contribution in [2.24, 2.45) is 0 Å². The fourth-order valence-corrected chi connectivity index (χ4v) is 6.38. The molecule has 2 aromatic carbocycles. The number of rotatable bonds is 8. The number of hydrogen-bond acceptors (Lipinski definition) is 7. The van der Waals surface area contributed by atoms with Crippen LogP contribution in [-0.4, -0.2) is 72.4 Å². The number of likely N-dealkylation sites (tertiary alicyclic amines) is 1. The maximum absolute atomic E-state index is 12.5. The molecule has 1 fully saturated rings. The van der Waals surface area contributed by atoms with Crippen molar-refractivity contribution >= 4 is 48.8 Å². The number of ether oxygens (including phenoxy) is 1. The van der Waals surface area contributed by atoms with Crippen LogP contribution in [0.15, 0.2) is 46.2 Å². The van der Waals surface area contributed by atoms with Crippen molar-refractivity contribution in [3.63, 3.8) is 0 Å². The van der Waals surface area contributed by atoms with E-state index in [-0.39, 0.29) is 21.5 Å². The molecule has 0 aromatic heterocycles. The number of benzene rings is 2. The number of halogens is 2. The molecule has 0 aliphatic carbocycles.